The number of hydrogen-bond donors (Lipinski definition) is 1. The molecule has 0 amide bonds. The van der Waals surface area contributed by atoms with Crippen molar-refractivity contribution in [3.05, 3.63) is 65.7 Å². The second-order valence-electron chi connectivity index (χ2n) is 5.59. The summed E-state index contributed by atoms with van der Waals surface area (Å²) in [6.07, 6.45) is 6.62. The van der Waals surface area contributed by atoms with Crippen LogP contribution in [-0.4, -0.2) is 27.5 Å². The standard InChI is InChI=1S/C18H21NO5S/c1-13-6-9-16(10-7-13)25(21,22)19-15-5-4-12-24-14(2)17(11-8-15)18(20)23-3/h4,6-12,15,19H,5H2,1-3H3/b11-8+,12-4+,17-14+. The van der Waals surface area contributed by atoms with E-state index in [2.05, 4.69) is 4.72 Å². The maximum atomic E-state index is 12.5. The molecule has 1 atom stereocenters. The summed E-state index contributed by atoms with van der Waals surface area (Å²) in [5, 5.41) is 0. The number of aryl methyl sites for hydroxylation is 1. The molecule has 1 N–H and O–H groups in total. The number of rotatable bonds is 4. The van der Waals surface area contributed by atoms with Gasteiger partial charge in [-0.1, -0.05) is 23.8 Å². The number of esters is 1. The van der Waals surface area contributed by atoms with Crippen molar-refractivity contribution in [1.82, 2.24) is 4.72 Å². The molecule has 0 aromatic heterocycles. The molecular weight excluding hydrogens is 342 g/mol. The molecule has 134 valence electrons. The Morgan fingerprint density at radius 1 is 1.24 bits per heavy atom. The zero-order valence-electron chi connectivity index (χ0n) is 14.4. The van der Waals surface area contributed by atoms with E-state index in [0.717, 1.165) is 5.56 Å². The van der Waals surface area contributed by atoms with Gasteiger partial charge in [-0.2, -0.15) is 0 Å². The Morgan fingerprint density at radius 3 is 2.56 bits per heavy atom. The van der Waals surface area contributed by atoms with Gasteiger partial charge in [0.1, 0.15) is 5.76 Å². The first-order chi connectivity index (χ1) is 11.8. The molecule has 25 heavy (non-hydrogen) atoms. The van der Waals surface area contributed by atoms with Crippen molar-refractivity contribution in [2.45, 2.75) is 31.2 Å². The maximum Gasteiger partial charge on any atom is 0.341 e. The van der Waals surface area contributed by atoms with Crippen LogP contribution in [0.5, 0.6) is 0 Å². The van der Waals surface area contributed by atoms with Gasteiger partial charge in [0.2, 0.25) is 10.0 Å². The highest BCUT2D eigenvalue weighted by atomic mass is 32.2. The lowest BCUT2D eigenvalue weighted by Crippen LogP contribution is -2.33. The molecule has 1 aromatic carbocycles. The van der Waals surface area contributed by atoms with Crippen molar-refractivity contribution in [2.75, 3.05) is 7.11 Å². The van der Waals surface area contributed by atoms with Crippen LogP contribution in [0.15, 0.2) is 65.0 Å². The zero-order chi connectivity index (χ0) is 18.4. The van der Waals surface area contributed by atoms with Gasteiger partial charge < -0.3 is 9.47 Å². The molecule has 1 heterocycles. The summed E-state index contributed by atoms with van der Waals surface area (Å²) in [6, 6.07) is 6.06. The van der Waals surface area contributed by atoms with E-state index in [9.17, 15) is 13.2 Å². The third-order valence-electron chi connectivity index (χ3n) is 3.65. The number of ether oxygens (including phenoxy) is 2. The molecule has 0 spiro atoms. The molecule has 1 aromatic rings. The number of allylic oxidation sites excluding steroid dienone is 1. The van der Waals surface area contributed by atoms with Gasteiger partial charge >= 0.3 is 5.97 Å². The average molecular weight is 363 g/mol. The van der Waals surface area contributed by atoms with E-state index in [1.165, 1.54) is 19.4 Å². The number of carbonyl (C=O) groups is 1. The highest BCUT2D eigenvalue weighted by Crippen LogP contribution is 2.16. The summed E-state index contributed by atoms with van der Waals surface area (Å²) in [4.78, 5) is 12.0. The van der Waals surface area contributed by atoms with E-state index in [-0.39, 0.29) is 10.5 Å². The van der Waals surface area contributed by atoms with Crippen molar-refractivity contribution in [3.8, 4) is 0 Å². The molecule has 1 aliphatic rings. The van der Waals surface area contributed by atoms with Crippen LogP contribution in [0, 0.1) is 6.92 Å². The minimum Gasteiger partial charge on any atom is -0.469 e. The smallest absolute Gasteiger partial charge is 0.341 e. The van der Waals surface area contributed by atoms with Crippen molar-refractivity contribution in [3.63, 3.8) is 0 Å². The number of benzene rings is 1. The van der Waals surface area contributed by atoms with Gasteiger partial charge in [-0.3, -0.25) is 0 Å². The van der Waals surface area contributed by atoms with E-state index in [1.807, 2.05) is 6.92 Å². The SMILES string of the molecule is COC(=O)C1=C(\C)O/C=C/CC(NS(=O)(=O)c2ccc(C)cc2)\C=C\1. The Morgan fingerprint density at radius 2 is 1.92 bits per heavy atom. The van der Waals surface area contributed by atoms with Crippen LogP contribution < -0.4 is 4.72 Å². The Hall–Kier alpha value is -2.38. The van der Waals surface area contributed by atoms with Crippen LogP contribution in [0.4, 0.5) is 0 Å². The van der Waals surface area contributed by atoms with Crippen molar-refractivity contribution < 1.29 is 22.7 Å². The van der Waals surface area contributed by atoms with Gasteiger partial charge in [-0.05, 0) is 44.6 Å². The summed E-state index contributed by atoms with van der Waals surface area (Å²) in [6.45, 7) is 3.52. The third kappa shape index (κ3) is 5.04. The van der Waals surface area contributed by atoms with Crippen LogP contribution in [0.1, 0.15) is 18.9 Å². The summed E-state index contributed by atoms with van der Waals surface area (Å²) in [5.41, 5.74) is 1.21. The van der Waals surface area contributed by atoms with Gasteiger partial charge in [0, 0.05) is 6.04 Å². The first kappa shape index (κ1) is 19.0. The van der Waals surface area contributed by atoms with Crippen molar-refractivity contribution in [2.24, 2.45) is 0 Å². The first-order valence-corrected chi connectivity index (χ1v) is 9.20. The molecule has 0 saturated heterocycles. The second-order valence-corrected chi connectivity index (χ2v) is 7.30. The fourth-order valence-electron chi connectivity index (χ4n) is 2.22. The van der Waals surface area contributed by atoms with Crippen LogP contribution in [0.25, 0.3) is 0 Å². The minimum atomic E-state index is -3.68. The molecule has 1 unspecified atom stereocenters. The topological polar surface area (TPSA) is 81.7 Å². The van der Waals surface area contributed by atoms with Crippen LogP contribution in [0.2, 0.25) is 0 Å². The maximum absolute atomic E-state index is 12.5. The third-order valence-corrected chi connectivity index (χ3v) is 5.15. The Bertz CT molecular complexity index is 820. The summed E-state index contributed by atoms with van der Waals surface area (Å²) >= 11 is 0. The molecule has 0 saturated carbocycles. The van der Waals surface area contributed by atoms with E-state index >= 15 is 0 Å². The Kier molecular flexibility index (Phi) is 6.17. The van der Waals surface area contributed by atoms with Crippen molar-refractivity contribution >= 4 is 16.0 Å². The molecule has 2 rings (SSSR count). The Labute approximate surface area is 147 Å². The lowest BCUT2D eigenvalue weighted by Gasteiger charge is -2.14. The van der Waals surface area contributed by atoms with E-state index in [4.69, 9.17) is 9.47 Å². The van der Waals surface area contributed by atoms with Gasteiger partial charge in [-0.15, -0.1) is 0 Å². The number of sulfonamides is 1. The van der Waals surface area contributed by atoms with Gasteiger partial charge in [-0.25, -0.2) is 17.9 Å². The monoisotopic (exact) mass is 363 g/mol. The highest BCUT2D eigenvalue weighted by Gasteiger charge is 2.19. The van der Waals surface area contributed by atoms with Gasteiger partial charge in [0.15, 0.2) is 0 Å². The molecule has 0 bridgehead atoms. The molecule has 6 nitrogen and oxygen atoms in total. The largest absolute Gasteiger partial charge is 0.469 e. The molecule has 7 heteroatoms. The van der Waals surface area contributed by atoms with Crippen molar-refractivity contribution in [1.29, 1.82) is 0 Å². The first-order valence-electron chi connectivity index (χ1n) is 7.71. The van der Waals surface area contributed by atoms with Crippen LogP contribution >= 0.6 is 0 Å². The summed E-state index contributed by atoms with van der Waals surface area (Å²) in [5.74, 6) is -0.175. The van der Waals surface area contributed by atoms with E-state index in [1.54, 1.807) is 43.3 Å². The molecule has 1 aliphatic heterocycles. The number of methoxy groups -OCH3 is 1. The van der Waals surface area contributed by atoms with E-state index in [0.29, 0.717) is 12.2 Å². The predicted octanol–water partition coefficient (Wildman–Crippen LogP) is 2.58. The predicted molar refractivity (Wildman–Crippen MR) is 94.0 cm³/mol. The summed E-state index contributed by atoms with van der Waals surface area (Å²) < 4.78 is 37.7. The number of nitrogens with one attached hydrogen (secondary N) is 1. The average Bonchev–Trinajstić information content (AvgIpc) is 2.65. The minimum absolute atomic E-state index is 0.187. The van der Waals surface area contributed by atoms with Gasteiger partial charge in [0.05, 0.1) is 23.8 Å². The number of carbonyl (C=O) groups excluding carboxylic acids is 1. The highest BCUT2D eigenvalue weighted by molar-refractivity contribution is 7.89. The summed E-state index contributed by atoms with van der Waals surface area (Å²) in [7, 11) is -2.41. The number of hydrogen-bond acceptors (Lipinski definition) is 5. The molecule has 0 aliphatic carbocycles. The van der Waals surface area contributed by atoms with Crippen LogP contribution in [-0.2, 0) is 24.3 Å². The second kappa shape index (κ2) is 8.13. The van der Waals surface area contributed by atoms with Crippen LogP contribution in [0.3, 0.4) is 0 Å². The molecule has 0 fully saturated rings. The van der Waals surface area contributed by atoms with E-state index < -0.39 is 22.0 Å². The zero-order valence-corrected chi connectivity index (χ0v) is 15.2. The fraction of sp³-hybridized carbons (Fsp3) is 0.278. The lowest BCUT2D eigenvalue weighted by atomic mass is 10.1. The molecular formula is C18H21NO5S. The quantitative estimate of drug-likeness (QED) is 0.832. The molecule has 0 radical (unpaired) electrons. The normalized spacial score (nSPS) is 23.6. The Balaban J connectivity index is 2.26. The fourth-order valence-corrected chi connectivity index (χ4v) is 3.42. The van der Waals surface area contributed by atoms with Gasteiger partial charge in [0.25, 0.3) is 0 Å². The lowest BCUT2D eigenvalue weighted by molar-refractivity contribution is -0.135.